The molecular weight excluding hydrogens is 368 g/mol. The molecule has 0 aliphatic heterocycles. The van der Waals surface area contributed by atoms with Crippen LogP contribution in [0, 0.1) is 12.8 Å². The normalized spacial score (nSPS) is 14.9. The number of carbonyl (C=O) groups is 1. The third-order valence-corrected chi connectivity index (χ3v) is 5.99. The second kappa shape index (κ2) is 8.76. The molecule has 4 rings (SSSR count). The number of thiophene rings is 1. The Bertz CT molecular complexity index is 832. The van der Waals surface area contributed by atoms with Crippen molar-refractivity contribution in [3.63, 3.8) is 0 Å². The van der Waals surface area contributed by atoms with Crippen molar-refractivity contribution < 1.29 is 9.21 Å². The Morgan fingerprint density at radius 1 is 1.18 bits per heavy atom. The fraction of sp³-hybridized carbons (Fsp3) is 0.348. The standard InChI is InChI=1S/C23H26N2O2S/c1-17-6-8-18(9-7-17)23(19-10-11-19)24-22(26)16-25(14-20-4-2-12-27-20)15-21-5-3-13-28-21/h2-9,12-13,19,23H,10-11,14-16H2,1H3,(H,24,26). The molecule has 28 heavy (non-hydrogen) atoms. The maximum absolute atomic E-state index is 12.9. The highest BCUT2D eigenvalue weighted by molar-refractivity contribution is 7.09. The molecule has 1 aromatic carbocycles. The van der Waals surface area contributed by atoms with Gasteiger partial charge in [0.15, 0.2) is 0 Å². The summed E-state index contributed by atoms with van der Waals surface area (Å²) in [6, 6.07) is 16.6. The maximum atomic E-state index is 12.9. The number of hydrogen-bond acceptors (Lipinski definition) is 4. The first-order chi connectivity index (χ1) is 13.7. The lowest BCUT2D eigenvalue weighted by Crippen LogP contribution is -2.39. The number of benzene rings is 1. The number of nitrogens with zero attached hydrogens (tertiary/aromatic N) is 1. The molecule has 1 amide bonds. The Balaban J connectivity index is 1.42. The van der Waals surface area contributed by atoms with Gasteiger partial charge >= 0.3 is 0 Å². The predicted molar refractivity (Wildman–Crippen MR) is 112 cm³/mol. The lowest BCUT2D eigenvalue weighted by atomic mass is 10.0. The Morgan fingerprint density at radius 2 is 2.00 bits per heavy atom. The first-order valence-corrected chi connectivity index (χ1v) is 10.7. The van der Waals surface area contributed by atoms with Crippen LogP contribution in [0.1, 0.15) is 40.6 Å². The van der Waals surface area contributed by atoms with Gasteiger partial charge < -0.3 is 9.73 Å². The van der Waals surface area contributed by atoms with Crippen molar-refractivity contribution in [3.05, 3.63) is 81.9 Å². The monoisotopic (exact) mass is 394 g/mol. The summed E-state index contributed by atoms with van der Waals surface area (Å²) in [6.45, 7) is 3.81. The molecule has 4 nitrogen and oxygen atoms in total. The fourth-order valence-electron chi connectivity index (χ4n) is 3.51. The van der Waals surface area contributed by atoms with Crippen molar-refractivity contribution in [1.29, 1.82) is 0 Å². The SMILES string of the molecule is Cc1ccc(C(NC(=O)CN(Cc2ccco2)Cc2cccs2)C2CC2)cc1. The van der Waals surface area contributed by atoms with Gasteiger partial charge in [0.2, 0.25) is 5.91 Å². The highest BCUT2D eigenvalue weighted by Crippen LogP contribution is 2.41. The van der Waals surface area contributed by atoms with Crippen molar-refractivity contribution in [2.24, 2.45) is 5.92 Å². The summed E-state index contributed by atoms with van der Waals surface area (Å²) in [5.41, 5.74) is 2.45. The molecule has 0 saturated heterocycles. The summed E-state index contributed by atoms with van der Waals surface area (Å²) in [5.74, 6) is 1.50. The van der Waals surface area contributed by atoms with Gasteiger partial charge in [0, 0.05) is 11.4 Å². The minimum Gasteiger partial charge on any atom is -0.468 e. The molecule has 0 spiro atoms. The Kier molecular flexibility index (Phi) is 5.93. The van der Waals surface area contributed by atoms with Gasteiger partial charge in [-0.05, 0) is 54.8 Å². The topological polar surface area (TPSA) is 45.5 Å². The van der Waals surface area contributed by atoms with E-state index in [1.165, 1.54) is 28.8 Å². The first kappa shape index (κ1) is 19.0. The molecule has 1 atom stereocenters. The molecule has 0 radical (unpaired) electrons. The van der Waals surface area contributed by atoms with Gasteiger partial charge in [0.05, 0.1) is 25.4 Å². The number of hydrogen-bond donors (Lipinski definition) is 1. The fourth-order valence-corrected chi connectivity index (χ4v) is 4.26. The minimum atomic E-state index is 0.0700. The Labute approximate surface area is 170 Å². The smallest absolute Gasteiger partial charge is 0.234 e. The second-order valence-corrected chi connectivity index (χ2v) is 8.63. The Hall–Kier alpha value is -2.37. The van der Waals surface area contributed by atoms with Gasteiger partial charge in [0.25, 0.3) is 0 Å². The molecule has 1 aliphatic rings. The molecule has 0 bridgehead atoms. The Morgan fingerprint density at radius 3 is 2.64 bits per heavy atom. The van der Waals surface area contributed by atoms with Crippen LogP contribution in [0.5, 0.6) is 0 Å². The highest BCUT2D eigenvalue weighted by Gasteiger charge is 2.33. The second-order valence-electron chi connectivity index (χ2n) is 7.60. The molecule has 1 N–H and O–H groups in total. The van der Waals surface area contributed by atoms with Crippen LogP contribution < -0.4 is 5.32 Å². The van der Waals surface area contributed by atoms with Crippen LogP contribution in [0.3, 0.4) is 0 Å². The van der Waals surface area contributed by atoms with Gasteiger partial charge in [-0.15, -0.1) is 11.3 Å². The van der Waals surface area contributed by atoms with Crippen LogP contribution in [0.2, 0.25) is 0 Å². The number of furan rings is 1. The zero-order valence-electron chi connectivity index (χ0n) is 16.1. The van der Waals surface area contributed by atoms with Crippen LogP contribution in [0.15, 0.2) is 64.6 Å². The largest absolute Gasteiger partial charge is 0.468 e. The summed E-state index contributed by atoms with van der Waals surface area (Å²) >= 11 is 1.71. The molecular formula is C23H26N2O2S. The van der Waals surface area contributed by atoms with Crippen molar-refractivity contribution in [1.82, 2.24) is 10.2 Å². The maximum Gasteiger partial charge on any atom is 0.234 e. The van der Waals surface area contributed by atoms with Gasteiger partial charge in [0.1, 0.15) is 5.76 Å². The van der Waals surface area contributed by atoms with E-state index in [-0.39, 0.29) is 11.9 Å². The van der Waals surface area contributed by atoms with E-state index in [2.05, 4.69) is 52.9 Å². The number of rotatable bonds is 9. The summed E-state index contributed by atoms with van der Waals surface area (Å²) < 4.78 is 5.50. The third-order valence-electron chi connectivity index (χ3n) is 5.13. The summed E-state index contributed by atoms with van der Waals surface area (Å²) in [5, 5.41) is 5.37. The molecule has 1 saturated carbocycles. The summed E-state index contributed by atoms with van der Waals surface area (Å²) in [7, 11) is 0. The summed E-state index contributed by atoms with van der Waals surface area (Å²) in [4.78, 5) is 16.3. The van der Waals surface area contributed by atoms with Crippen LogP contribution >= 0.6 is 11.3 Å². The summed E-state index contributed by atoms with van der Waals surface area (Å²) in [6.07, 6.45) is 4.05. The van der Waals surface area contributed by atoms with Crippen LogP contribution in [0.25, 0.3) is 0 Å². The lowest BCUT2D eigenvalue weighted by molar-refractivity contribution is -0.123. The molecule has 1 unspecified atom stereocenters. The van der Waals surface area contributed by atoms with E-state index in [0.29, 0.717) is 19.0 Å². The molecule has 2 aromatic heterocycles. The molecule has 2 heterocycles. The van der Waals surface area contributed by atoms with E-state index >= 15 is 0 Å². The molecule has 5 heteroatoms. The quantitative estimate of drug-likeness (QED) is 0.560. The first-order valence-electron chi connectivity index (χ1n) is 9.80. The number of carbonyl (C=O) groups excluding carboxylic acids is 1. The zero-order chi connectivity index (χ0) is 19.3. The van der Waals surface area contributed by atoms with Gasteiger partial charge in [-0.25, -0.2) is 0 Å². The van der Waals surface area contributed by atoms with Crippen molar-refractivity contribution in [2.45, 2.75) is 38.9 Å². The van der Waals surface area contributed by atoms with Gasteiger partial charge in [-0.3, -0.25) is 9.69 Å². The molecule has 146 valence electrons. The van der Waals surface area contributed by atoms with E-state index in [0.717, 1.165) is 12.3 Å². The predicted octanol–water partition coefficient (Wildman–Crippen LogP) is 4.92. The average Bonchev–Trinajstić information content (AvgIpc) is 3.14. The lowest BCUT2D eigenvalue weighted by Gasteiger charge is -2.23. The van der Waals surface area contributed by atoms with Crippen molar-refractivity contribution >= 4 is 17.2 Å². The average molecular weight is 395 g/mol. The van der Waals surface area contributed by atoms with Crippen LogP contribution in [-0.4, -0.2) is 17.4 Å². The minimum absolute atomic E-state index is 0.0700. The number of aryl methyl sites for hydroxylation is 1. The van der Waals surface area contributed by atoms with E-state index in [4.69, 9.17) is 4.42 Å². The van der Waals surface area contributed by atoms with E-state index in [1.54, 1.807) is 17.6 Å². The van der Waals surface area contributed by atoms with Crippen LogP contribution in [0.4, 0.5) is 0 Å². The van der Waals surface area contributed by atoms with E-state index < -0.39 is 0 Å². The van der Waals surface area contributed by atoms with Crippen LogP contribution in [-0.2, 0) is 17.9 Å². The van der Waals surface area contributed by atoms with Crippen molar-refractivity contribution in [3.8, 4) is 0 Å². The molecule has 1 fully saturated rings. The number of nitrogens with one attached hydrogen (secondary N) is 1. The molecule has 1 aliphatic carbocycles. The van der Waals surface area contributed by atoms with E-state index in [9.17, 15) is 4.79 Å². The highest BCUT2D eigenvalue weighted by atomic mass is 32.1. The third kappa shape index (κ3) is 5.12. The molecule has 3 aromatic rings. The van der Waals surface area contributed by atoms with Gasteiger partial charge in [-0.2, -0.15) is 0 Å². The number of amides is 1. The zero-order valence-corrected chi connectivity index (χ0v) is 17.0. The van der Waals surface area contributed by atoms with Crippen molar-refractivity contribution in [2.75, 3.05) is 6.54 Å². The van der Waals surface area contributed by atoms with Gasteiger partial charge in [-0.1, -0.05) is 35.9 Å². The van der Waals surface area contributed by atoms with E-state index in [1.807, 2.05) is 18.2 Å².